The molecule has 0 saturated heterocycles. The standard InChI is InChI=1S/C11H13N3O3/c1-2-16-11-13-10(14(17-11)12-8-15)9-6-4-3-5-7-9/h3-8,10H,2H2,1H3,(H,12,15). The number of benzene rings is 1. The summed E-state index contributed by atoms with van der Waals surface area (Å²) in [6, 6.07) is 9.48. The first-order valence-electron chi connectivity index (χ1n) is 5.27. The normalized spacial score (nSPS) is 19.4. The van der Waals surface area contributed by atoms with Crippen LogP contribution in [0.2, 0.25) is 0 Å². The minimum atomic E-state index is -0.428. The fourth-order valence-electron chi connectivity index (χ4n) is 1.48. The van der Waals surface area contributed by atoms with Crippen molar-refractivity contribution in [1.82, 2.24) is 10.6 Å². The first kappa shape index (κ1) is 11.4. The number of hydrogen-bond acceptors (Lipinski definition) is 5. The SMILES string of the molecule is CCOC1=NC(c2ccccc2)N(NC=O)O1. The zero-order valence-corrected chi connectivity index (χ0v) is 9.37. The van der Waals surface area contributed by atoms with E-state index in [1.165, 1.54) is 5.17 Å². The molecule has 90 valence electrons. The van der Waals surface area contributed by atoms with Crippen molar-refractivity contribution in [2.24, 2.45) is 4.99 Å². The van der Waals surface area contributed by atoms with Crippen LogP contribution in [0.4, 0.5) is 0 Å². The minimum absolute atomic E-state index is 0.149. The molecular formula is C11H13N3O3. The topological polar surface area (TPSA) is 63.2 Å². The zero-order valence-electron chi connectivity index (χ0n) is 9.37. The molecule has 6 nitrogen and oxygen atoms in total. The molecule has 0 spiro atoms. The molecule has 6 heteroatoms. The van der Waals surface area contributed by atoms with Gasteiger partial charge in [-0.15, -0.1) is 0 Å². The van der Waals surface area contributed by atoms with E-state index in [-0.39, 0.29) is 6.08 Å². The highest BCUT2D eigenvalue weighted by Crippen LogP contribution is 2.25. The molecule has 1 N–H and O–H groups in total. The number of hydrazine groups is 1. The van der Waals surface area contributed by atoms with E-state index in [0.29, 0.717) is 13.0 Å². The third-order valence-electron chi connectivity index (χ3n) is 2.17. The Labute approximate surface area is 98.8 Å². The van der Waals surface area contributed by atoms with Gasteiger partial charge in [0.25, 0.3) is 0 Å². The quantitative estimate of drug-likeness (QED) is 0.790. The van der Waals surface area contributed by atoms with Gasteiger partial charge in [-0.2, -0.15) is 4.99 Å². The second kappa shape index (κ2) is 5.31. The van der Waals surface area contributed by atoms with Gasteiger partial charge in [0, 0.05) is 0 Å². The van der Waals surface area contributed by atoms with Crippen molar-refractivity contribution in [3.63, 3.8) is 0 Å². The molecule has 0 radical (unpaired) electrons. The second-order valence-electron chi connectivity index (χ2n) is 3.28. The molecule has 0 fully saturated rings. The highest BCUT2D eigenvalue weighted by molar-refractivity contribution is 5.68. The Kier molecular flexibility index (Phi) is 3.56. The Bertz CT molecular complexity index is 408. The second-order valence-corrected chi connectivity index (χ2v) is 3.28. The summed E-state index contributed by atoms with van der Waals surface area (Å²) in [5.41, 5.74) is 3.32. The zero-order chi connectivity index (χ0) is 12.1. The molecular weight excluding hydrogens is 222 g/mol. The monoisotopic (exact) mass is 235 g/mol. The molecule has 1 amide bonds. The van der Waals surface area contributed by atoms with Crippen LogP contribution in [0.1, 0.15) is 18.7 Å². The summed E-state index contributed by atoms with van der Waals surface area (Å²) in [4.78, 5) is 19.9. The number of hydrogen-bond donors (Lipinski definition) is 1. The van der Waals surface area contributed by atoms with E-state index in [0.717, 1.165) is 5.56 Å². The van der Waals surface area contributed by atoms with Crippen LogP contribution in [0.3, 0.4) is 0 Å². The van der Waals surface area contributed by atoms with Crippen molar-refractivity contribution >= 4 is 12.5 Å². The average Bonchev–Trinajstić information content (AvgIpc) is 2.74. The number of rotatable bonds is 4. The molecule has 1 aliphatic heterocycles. The van der Waals surface area contributed by atoms with Gasteiger partial charge in [0.15, 0.2) is 6.17 Å². The molecule has 1 unspecified atom stereocenters. The van der Waals surface area contributed by atoms with Crippen LogP contribution in [0.25, 0.3) is 0 Å². The van der Waals surface area contributed by atoms with Crippen LogP contribution in [0.15, 0.2) is 35.3 Å². The fourth-order valence-corrected chi connectivity index (χ4v) is 1.48. The number of aliphatic imine (C=N–C) groups is 1. The van der Waals surface area contributed by atoms with Crippen molar-refractivity contribution in [2.45, 2.75) is 13.1 Å². The van der Waals surface area contributed by atoms with Crippen LogP contribution in [0.5, 0.6) is 0 Å². The van der Waals surface area contributed by atoms with Gasteiger partial charge in [0.2, 0.25) is 6.41 Å². The number of amides is 1. The first-order valence-corrected chi connectivity index (χ1v) is 5.27. The maximum absolute atomic E-state index is 10.5. The Morgan fingerprint density at radius 2 is 2.29 bits per heavy atom. The summed E-state index contributed by atoms with van der Waals surface area (Å²) in [6.45, 7) is 2.29. The molecule has 1 aliphatic rings. The molecule has 0 bridgehead atoms. The predicted octanol–water partition coefficient (Wildman–Crippen LogP) is 0.986. The van der Waals surface area contributed by atoms with Crippen LogP contribution in [-0.4, -0.2) is 24.3 Å². The average molecular weight is 235 g/mol. The summed E-state index contributed by atoms with van der Waals surface area (Å²) in [5.74, 6) is 0. The Hall–Kier alpha value is -2.08. The highest BCUT2D eigenvalue weighted by atomic mass is 16.8. The van der Waals surface area contributed by atoms with Gasteiger partial charge in [0.05, 0.1) is 6.61 Å². The largest absolute Gasteiger partial charge is 0.450 e. The van der Waals surface area contributed by atoms with E-state index < -0.39 is 6.17 Å². The highest BCUT2D eigenvalue weighted by Gasteiger charge is 2.31. The van der Waals surface area contributed by atoms with Crippen LogP contribution in [0, 0.1) is 0 Å². The third kappa shape index (κ3) is 2.54. The van der Waals surface area contributed by atoms with E-state index in [4.69, 9.17) is 9.57 Å². The molecule has 2 rings (SSSR count). The van der Waals surface area contributed by atoms with Gasteiger partial charge in [-0.25, -0.2) is 0 Å². The predicted molar refractivity (Wildman–Crippen MR) is 60.4 cm³/mol. The molecule has 1 aromatic rings. The summed E-state index contributed by atoms with van der Waals surface area (Å²) in [6.07, 6.45) is 0.249. The summed E-state index contributed by atoms with van der Waals surface area (Å²) < 4.78 is 5.16. The summed E-state index contributed by atoms with van der Waals surface area (Å²) in [5, 5.41) is 1.24. The van der Waals surface area contributed by atoms with Crippen LogP contribution >= 0.6 is 0 Å². The summed E-state index contributed by atoms with van der Waals surface area (Å²) in [7, 11) is 0. The lowest BCUT2D eigenvalue weighted by Gasteiger charge is -2.18. The van der Waals surface area contributed by atoms with Crippen molar-refractivity contribution in [1.29, 1.82) is 0 Å². The van der Waals surface area contributed by atoms with Gasteiger partial charge in [-0.3, -0.25) is 10.2 Å². The lowest BCUT2D eigenvalue weighted by atomic mass is 10.2. The third-order valence-corrected chi connectivity index (χ3v) is 2.17. The van der Waals surface area contributed by atoms with Gasteiger partial charge >= 0.3 is 6.08 Å². The molecule has 0 aromatic heterocycles. The van der Waals surface area contributed by atoms with Crippen molar-refractivity contribution in [2.75, 3.05) is 6.61 Å². The maximum Gasteiger partial charge on any atom is 0.407 e. The number of carbonyl (C=O) groups is 1. The van der Waals surface area contributed by atoms with Gasteiger partial charge in [-0.05, 0) is 17.7 Å². The fraction of sp³-hybridized carbons (Fsp3) is 0.273. The van der Waals surface area contributed by atoms with Crippen LogP contribution < -0.4 is 5.43 Å². The van der Waals surface area contributed by atoms with E-state index >= 15 is 0 Å². The Morgan fingerprint density at radius 3 is 2.94 bits per heavy atom. The number of hydroxylamine groups is 1. The maximum atomic E-state index is 10.5. The number of nitrogens with one attached hydrogen (secondary N) is 1. The van der Waals surface area contributed by atoms with E-state index in [1.54, 1.807) is 0 Å². The molecule has 0 saturated carbocycles. The molecule has 1 heterocycles. The number of ether oxygens (including phenoxy) is 1. The molecule has 0 aliphatic carbocycles. The molecule has 1 aromatic carbocycles. The smallest absolute Gasteiger partial charge is 0.407 e. The van der Waals surface area contributed by atoms with Crippen molar-refractivity contribution in [3.05, 3.63) is 35.9 Å². The molecule has 1 atom stereocenters. The molecule has 17 heavy (non-hydrogen) atoms. The van der Waals surface area contributed by atoms with Crippen molar-refractivity contribution in [3.8, 4) is 0 Å². The van der Waals surface area contributed by atoms with E-state index in [2.05, 4.69) is 10.4 Å². The van der Waals surface area contributed by atoms with E-state index in [9.17, 15) is 4.79 Å². The van der Waals surface area contributed by atoms with Gasteiger partial charge in [0.1, 0.15) is 0 Å². The van der Waals surface area contributed by atoms with Gasteiger partial charge < -0.3 is 9.57 Å². The number of nitrogens with zero attached hydrogens (tertiary/aromatic N) is 2. The number of carbonyl (C=O) groups excluding carboxylic acids is 1. The lowest BCUT2D eigenvalue weighted by Crippen LogP contribution is -2.37. The summed E-state index contributed by atoms with van der Waals surface area (Å²) >= 11 is 0. The Balaban J connectivity index is 2.19. The lowest BCUT2D eigenvalue weighted by molar-refractivity contribution is -0.156. The van der Waals surface area contributed by atoms with Crippen LogP contribution in [-0.2, 0) is 14.4 Å². The van der Waals surface area contributed by atoms with E-state index in [1.807, 2.05) is 37.3 Å². The minimum Gasteiger partial charge on any atom is -0.450 e. The first-order chi connectivity index (χ1) is 8.35. The van der Waals surface area contributed by atoms with Gasteiger partial charge in [-0.1, -0.05) is 30.3 Å². The van der Waals surface area contributed by atoms with Crippen molar-refractivity contribution < 1.29 is 14.4 Å². The Morgan fingerprint density at radius 1 is 1.53 bits per heavy atom.